The molecule has 0 aliphatic rings. The molecule has 6 nitrogen and oxygen atoms in total. The van der Waals surface area contributed by atoms with E-state index in [1.807, 2.05) is 27.7 Å². The highest BCUT2D eigenvalue weighted by Gasteiger charge is 2.24. The lowest BCUT2D eigenvalue weighted by Gasteiger charge is -2.21. The second kappa shape index (κ2) is 7.02. The highest BCUT2D eigenvalue weighted by Crippen LogP contribution is 2.10. The van der Waals surface area contributed by atoms with E-state index in [4.69, 9.17) is 4.74 Å². The molecule has 1 atom stereocenters. The lowest BCUT2D eigenvalue weighted by Crippen LogP contribution is -2.41. The molecule has 0 fully saturated rings. The maximum atomic E-state index is 12.2. The number of nitrogens with one attached hydrogen (secondary N) is 2. The van der Waals surface area contributed by atoms with Gasteiger partial charge >= 0.3 is 0 Å². The molecule has 110 valence electrons. The highest BCUT2D eigenvalue weighted by atomic mass is 32.2. The maximum absolute atomic E-state index is 12.2. The molecule has 19 heavy (non-hydrogen) atoms. The van der Waals surface area contributed by atoms with Gasteiger partial charge in [-0.25, -0.2) is 18.1 Å². The minimum Gasteiger partial charge on any atom is -0.380 e. The summed E-state index contributed by atoms with van der Waals surface area (Å²) in [6.45, 7) is 8.63. The van der Waals surface area contributed by atoms with E-state index in [2.05, 4.69) is 14.7 Å². The number of imidazole rings is 1. The van der Waals surface area contributed by atoms with E-state index in [9.17, 15) is 8.42 Å². The number of H-pyrrole nitrogens is 1. The Hall–Kier alpha value is -0.920. The monoisotopic (exact) mass is 289 g/mol. The van der Waals surface area contributed by atoms with Crippen LogP contribution in [0.3, 0.4) is 0 Å². The molecule has 0 amide bonds. The van der Waals surface area contributed by atoms with Gasteiger partial charge < -0.3 is 9.72 Å². The second-order valence-corrected chi connectivity index (χ2v) is 6.36. The Bertz CT molecular complexity index is 482. The molecule has 1 unspecified atom stereocenters. The van der Waals surface area contributed by atoms with Gasteiger partial charge in [0.2, 0.25) is 0 Å². The number of hydrogen-bond acceptors (Lipinski definition) is 4. The van der Waals surface area contributed by atoms with Crippen LogP contribution in [-0.2, 0) is 21.2 Å². The minimum absolute atomic E-state index is 0.103. The SMILES string of the molecule is CCOCC(NS(=O)(=O)c1cnc(CC)[nH]1)C(C)C. The molecular weight excluding hydrogens is 266 g/mol. The molecule has 0 radical (unpaired) electrons. The van der Waals surface area contributed by atoms with Crippen LogP contribution >= 0.6 is 0 Å². The predicted octanol–water partition coefficient (Wildman–Crippen LogP) is 1.31. The third-order valence-electron chi connectivity index (χ3n) is 2.84. The molecule has 0 saturated heterocycles. The molecule has 0 aromatic carbocycles. The normalized spacial score (nSPS) is 13.9. The summed E-state index contributed by atoms with van der Waals surface area (Å²) in [6.07, 6.45) is 2.02. The molecule has 1 heterocycles. The Labute approximate surface area is 115 Å². The standard InChI is InChI=1S/C12H23N3O3S/c1-5-11-13-7-12(14-11)19(16,17)15-10(9(3)4)8-18-6-2/h7,9-10,15H,5-6,8H2,1-4H3,(H,13,14). The molecule has 0 bridgehead atoms. The molecule has 7 heteroatoms. The van der Waals surface area contributed by atoms with Crippen molar-refractivity contribution in [2.24, 2.45) is 5.92 Å². The van der Waals surface area contributed by atoms with Crippen LogP contribution in [0.2, 0.25) is 0 Å². The van der Waals surface area contributed by atoms with Crippen molar-refractivity contribution in [3.63, 3.8) is 0 Å². The summed E-state index contributed by atoms with van der Waals surface area (Å²) in [6, 6.07) is -0.252. The number of hydrogen-bond donors (Lipinski definition) is 2. The van der Waals surface area contributed by atoms with E-state index in [1.165, 1.54) is 6.20 Å². The first-order chi connectivity index (χ1) is 8.90. The van der Waals surface area contributed by atoms with Gasteiger partial charge in [-0.2, -0.15) is 0 Å². The van der Waals surface area contributed by atoms with Crippen LogP contribution in [0.15, 0.2) is 11.2 Å². The summed E-state index contributed by atoms with van der Waals surface area (Å²) in [5.74, 6) is 0.807. The van der Waals surface area contributed by atoms with E-state index in [0.29, 0.717) is 25.5 Å². The van der Waals surface area contributed by atoms with Gasteiger partial charge in [-0.05, 0) is 12.8 Å². The van der Waals surface area contributed by atoms with Gasteiger partial charge in [0.05, 0.1) is 12.8 Å². The van der Waals surface area contributed by atoms with Crippen molar-refractivity contribution < 1.29 is 13.2 Å². The number of nitrogens with zero attached hydrogens (tertiary/aromatic N) is 1. The Morgan fingerprint density at radius 3 is 2.58 bits per heavy atom. The highest BCUT2D eigenvalue weighted by molar-refractivity contribution is 7.89. The number of ether oxygens (including phenoxy) is 1. The summed E-state index contributed by atoms with van der Waals surface area (Å²) in [4.78, 5) is 6.81. The quantitative estimate of drug-likeness (QED) is 0.756. The van der Waals surface area contributed by atoms with Gasteiger partial charge in [0.25, 0.3) is 10.0 Å². The fourth-order valence-corrected chi connectivity index (χ4v) is 2.84. The summed E-state index contributed by atoms with van der Waals surface area (Å²) in [7, 11) is -3.57. The summed E-state index contributed by atoms with van der Waals surface area (Å²) in [5, 5.41) is 0.103. The van der Waals surface area contributed by atoms with Crippen LogP contribution in [0.25, 0.3) is 0 Å². The van der Waals surface area contributed by atoms with Crippen molar-refractivity contribution in [2.75, 3.05) is 13.2 Å². The van der Waals surface area contributed by atoms with Gasteiger partial charge in [0.1, 0.15) is 5.82 Å². The van der Waals surface area contributed by atoms with Crippen LogP contribution in [0.4, 0.5) is 0 Å². The summed E-state index contributed by atoms with van der Waals surface area (Å²) in [5.41, 5.74) is 0. The second-order valence-electron chi connectivity index (χ2n) is 4.68. The molecule has 2 N–H and O–H groups in total. The minimum atomic E-state index is -3.57. The van der Waals surface area contributed by atoms with E-state index in [1.54, 1.807) is 0 Å². The number of sulfonamides is 1. The van der Waals surface area contributed by atoms with Gasteiger partial charge in [-0.1, -0.05) is 20.8 Å². The Balaban J connectivity index is 2.81. The number of aromatic amines is 1. The third-order valence-corrected chi connectivity index (χ3v) is 4.24. The third kappa shape index (κ3) is 4.59. The van der Waals surface area contributed by atoms with Crippen molar-refractivity contribution in [2.45, 2.75) is 45.2 Å². The topological polar surface area (TPSA) is 84.1 Å². The number of rotatable bonds is 8. The van der Waals surface area contributed by atoms with Gasteiger partial charge in [0.15, 0.2) is 5.03 Å². The number of aryl methyl sites for hydroxylation is 1. The van der Waals surface area contributed by atoms with E-state index >= 15 is 0 Å². The van der Waals surface area contributed by atoms with Crippen molar-refractivity contribution in [1.82, 2.24) is 14.7 Å². The van der Waals surface area contributed by atoms with Gasteiger partial charge in [0, 0.05) is 19.1 Å². The Morgan fingerprint density at radius 1 is 1.42 bits per heavy atom. The van der Waals surface area contributed by atoms with Crippen LogP contribution in [0.5, 0.6) is 0 Å². The van der Waals surface area contributed by atoms with Crippen LogP contribution < -0.4 is 4.72 Å². The molecule has 0 aliphatic heterocycles. The van der Waals surface area contributed by atoms with Crippen molar-refractivity contribution >= 4 is 10.0 Å². The molecule has 0 saturated carbocycles. The summed E-state index contributed by atoms with van der Waals surface area (Å²) >= 11 is 0. The smallest absolute Gasteiger partial charge is 0.257 e. The van der Waals surface area contributed by atoms with Gasteiger partial charge in [-0.3, -0.25) is 0 Å². The first-order valence-electron chi connectivity index (χ1n) is 6.54. The van der Waals surface area contributed by atoms with Crippen molar-refractivity contribution in [1.29, 1.82) is 0 Å². The molecule has 1 rings (SSSR count). The predicted molar refractivity (Wildman–Crippen MR) is 73.4 cm³/mol. The molecular formula is C12H23N3O3S. The average molecular weight is 289 g/mol. The molecule has 0 spiro atoms. The maximum Gasteiger partial charge on any atom is 0.257 e. The largest absolute Gasteiger partial charge is 0.380 e. The van der Waals surface area contributed by atoms with Crippen molar-refractivity contribution in [3.05, 3.63) is 12.0 Å². The number of aromatic nitrogens is 2. The fraction of sp³-hybridized carbons (Fsp3) is 0.750. The molecule has 1 aromatic heterocycles. The van der Waals surface area contributed by atoms with Crippen molar-refractivity contribution in [3.8, 4) is 0 Å². The van der Waals surface area contributed by atoms with Crippen LogP contribution in [0, 0.1) is 5.92 Å². The molecule has 0 aliphatic carbocycles. The average Bonchev–Trinajstić information content (AvgIpc) is 2.83. The van der Waals surface area contributed by atoms with E-state index < -0.39 is 10.0 Å². The lowest BCUT2D eigenvalue weighted by atomic mass is 10.1. The zero-order valence-corrected chi connectivity index (χ0v) is 12.8. The van der Waals surface area contributed by atoms with Gasteiger partial charge in [-0.15, -0.1) is 0 Å². The lowest BCUT2D eigenvalue weighted by molar-refractivity contribution is 0.116. The van der Waals surface area contributed by atoms with Crippen LogP contribution in [-0.4, -0.2) is 37.6 Å². The van der Waals surface area contributed by atoms with E-state index in [-0.39, 0.29) is 17.0 Å². The fourth-order valence-electron chi connectivity index (χ4n) is 1.53. The Morgan fingerprint density at radius 2 is 2.11 bits per heavy atom. The first-order valence-corrected chi connectivity index (χ1v) is 8.03. The Kier molecular flexibility index (Phi) is 5.96. The van der Waals surface area contributed by atoms with E-state index in [0.717, 1.165) is 0 Å². The zero-order chi connectivity index (χ0) is 14.5. The molecule has 1 aromatic rings. The first kappa shape index (κ1) is 16.1. The zero-order valence-electron chi connectivity index (χ0n) is 11.9. The van der Waals surface area contributed by atoms with Crippen LogP contribution in [0.1, 0.15) is 33.5 Å². The summed E-state index contributed by atoms with van der Waals surface area (Å²) < 4.78 is 32.4.